The Hall–Kier alpha value is -5.47. The van der Waals surface area contributed by atoms with E-state index in [1.165, 1.54) is 20.0 Å². The highest BCUT2D eigenvalue weighted by atomic mass is 32.2. The van der Waals surface area contributed by atoms with E-state index in [4.69, 9.17) is 0 Å². The van der Waals surface area contributed by atoms with E-state index >= 15 is 0 Å². The van der Waals surface area contributed by atoms with Gasteiger partial charge in [-0.25, -0.2) is 0 Å². The highest BCUT2D eigenvalue weighted by Gasteiger charge is 2.27. The van der Waals surface area contributed by atoms with Gasteiger partial charge in [0.25, 0.3) is 26.1 Å². The molecule has 4 aromatic rings. The second-order valence-electron chi connectivity index (χ2n) is 11.3. The molecular weight excluding hydrogens is 679 g/mol. The first-order valence-electron chi connectivity index (χ1n) is 15.2. The molecule has 0 spiro atoms. The van der Waals surface area contributed by atoms with E-state index in [2.05, 4.69) is 15.6 Å². The van der Waals surface area contributed by atoms with Crippen molar-refractivity contribution in [2.45, 2.75) is 29.8 Å². The molecule has 4 N–H and O–H groups in total. The molecule has 256 valence electrons. The van der Waals surface area contributed by atoms with Crippen LogP contribution >= 0.6 is 0 Å². The highest BCUT2D eigenvalue weighted by Crippen LogP contribution is 2.37. The number of carbonyl (C=O) groups excluding carboxylic acids is 2. The number of amides is 1. The minimum absolute atomic E-state index is 0.136. The minimum Gasteiger partial charge on any atom is -0.380 e. The van der Waals surface area contributed by atoms with E-state index in [0.29, 0.717) is 29.6 Å². The van der Waals surface area contributed by atoms with Gasteiger partial charge in [0.15, 0.2) is 5.78 Å². The Kier molecular flexibility index (Phi) is 10.7. The molecule has 1 aliphatic rings. The van der Waals surface area contributed by atoms with Gasteiger partial charge in [0.2, 0.25) is 0 Å². The number of carbonyl (C=O) groups is 2. The van der Waals surface area contributed by atoms with Crippen LogP contribution in [0.5, 0.6) is 0 Å². The Morgan fingerprint density at radius 1 is 0.760 bits per heavy atom. The Morgan fingerprint density at radius 3 is 2.02 bits per heavy atom. The molecular formula is C37H33N3O8S2. The van der Waals surface area contributed by atoms with Crippen molar-refractivity contribution in [1.29, 1.82) is 0 Å². The Balaban J connectivity index is 1.75. The third kappa shape index (κ3) is 8.39. The minimum atomic E-state index is -5.10. The smallest absolute Gasteiger partial charge is 0.295 e. The lowest BCUT2D eigenvalue weighted by Crippen LogP contribution is -2.25. The van der Waals surface area contributed by atoms with Gasteiger partial charge in [-0.1, -0.05) is 78.9 Å². The molecule has 0 saturated carbocycles. The van der Waals surface area contributed by atoms with Crippen LogP contribution < -0.4 is 10.6 Å². The summed E-state index contributed by atoms with van der Waals surface area (Å²) in [6.45, 7) is 2.05. The summed E-state index contributed by atoms with van der Waals surface area (Å²) < 4.78 is 69.5. The van der Waals surface area contributed by atoms with E-state index < -0.39 is 35.9 Å². The molecule has 0 bridgehead atoms. The number of ketones is 1. The van der Waals surface area contributed by atoms with Crippen molar-refractivity contribution in [3.8, 4) is 0 Å². The van der Waals surface area contributed by atoms with Crippen molar-refractivity contribution < 1.29 is 35.5 Å². The summed E-state index contributed by atoms with van der Waals surface area (Å²) >= 11 is 0. The maximum Gasteiger partial charge on any atom is 0.295 e. The number of Topliss-reactive ketones (excluding diaryl/α,β-unsaturated/α-hetero) is 1. The second-order valence-corrected chi connectivity index (χ2v) is 14.1. The molecule has 1 amide bonds. The lowest BCUT2D eigenvalue weighted by atomic mass is 9.87. The maximum atomic E-state index is 13.2. The Labute approximate surface area is 290 Å². The van der Waals surface area contributed by atoms with Gasteiger partial charge in [-0.3, -0.25) is 23.7 Å². The standard InChI is InChI=1S/C37H33N3O8S2/c1-24(41)31-19-27(13-17-33(31)39-22-25-9-5-3-6-10-25)36(30-16-15-29(49(43,44)45)21-35(30)50(46,47)48)28-14-18-34(32(20-28)37(42)38-2)40-23-26-11-7-4-8-12-26/h3-21,39H,22-23H2,1-2H3,(H,38,42)(H,43,44,45)(H,46,47,48). The van der Waals surface area contributed by atoms with Crippen molar-refractivity contribution in [1.82, 2.24) is 5.32 Å². The van der Waals surface area contributed by atoms with Crippen LogP contribution in [0, 0.1) is 0 Å². The fraction of sp³-hybridized carbons (Fsp3) is 0.108. The number of nitrogens with one attached hydrogen (secondary N) is 2. The molecule has 0 fully saturated rings. The fourth-order valence-corrected chi connectivity index (χ4v) is 6.71. The summed E-state index contributed by atoms with van der Waals surface area (Å²) in [6, 6.07) is 26.5. The fourth-order valence-electron chi connectivity index (χ4n) is 5.40. The Morgan fingerprint density at radius 2 is 1.42 bits per heavy atom. The van der Waals surface area contributed by atoms with E-state index in [-0.39, 0.29) is 40.2 Å². The molecule has 4 aromatic carbocycles. The average molecular weight is 712 g/mol. The lowest BCUT2D eigenvalue weighted by Gasteiger charge is -2.20. The van der Waals surface area contributed by atoms with Gasteiger partial charge in [0.1, 0.15) is 4.90 Å². The predicted octanol–water partition coefficient (Wildman–Crippen LogP) is 5.68. The van der Waals surface area contributed by atoms with Crippen LogP contribution in [-0.2, 0) is 38.1 Å². The summed E-state index contributed by atoms with van der Waals surface area (Å²) in [4.78, 5) is 29.2. The van der Waals surface area contributed by atoms with Gasteiger partial charge >= 0.3 is 0 Å². The monoisotopic (exact) mass is 711 g/mol. The van der Waals surface area contributed by atoms with Gasteiger partial charge in [-0.15, -0.1) is 0 Å². The summed E-state index contributed by atoms with van der Waals surface area (Å²) in [5.74, 6) is -0.792. The summed E-state index contributed by atoms with van der Waals surface area (Å²) in [6.07, 6.45) is 4.69. The van der Waals surface area contributed by atoms with Gasteiger partial charge in [0, 0.05) is 30.4 Å². The number of hydrogen-bond donors (Lipinski definition) is 4. The van der Waals surface area contributed by atoms with Gasteiger partial charge in [0.05, 0.1) is 22.7 Å². The molecule has 1 aliphatic carbocycles. The third-order valence-electron chi connectivity index (χ3n) is 7.84. The average Bonchev–Trinajstić information content (AvgIpc) is 3.10. The summed E-state index contributed by atoms with van der Waals surface area (Å²) in [7, 11) is -8.52. The molecule has 11 nitrogen and oxygen atoms in total. The zero-order valence-corrected chi connectivity index (χ0v) is 28.6. The second kappa shape index (κ2) is 15.0. The third-order valence-corrected chi connectivity index (χ3v) is 9.59. The van der Waals surface area contributed by atoms with Crippen molar-refractivity contribution >= 4 is 48.9 Å². The first-order chi connectivity index (χ1) is 23.8. The molecule has 0 unspecified atom stereocenters. The first-order valence-corrected chi connectivity index (χ1v) is 18.1. The van der Waals surface area contributed by atoms with Crippen molar-refractivity contribution in [2.24, 2.45) is 4.99 Å². The molecule has 0 radical (unpaired) electrons. The van der Waals surface area contributed by atoms with E-state index in [1.807, 2.05) is 60.7 Å². The number of likely N-dealkylation sites (N-methyl/N-ethyl adjacent to an activating group) is 1. The highest BCUT2D eigenvalue weighted by molar-refractivity contribution is 7.86. The predicted molar refractivity (Wildman–Crippen MR) is 191 cm³/mol. The first kappa shape index (κ1) is 35.8. The molecule has 0 atom stereocenters. The van der Waals surface area contributed by atoms with Gasteiger partial charge < -0.3 is 10.6 Å². The summed E-state index contributed by atoms with van der Waals surface area (Å²) in [5.41, 5.74) is 3.70. The van der Waals surface area contributed by atoms with Crippen LogP contribution in [0.3, 0.4) is 0 Å². The van der Waals surface area contributed by atoms with Crippen molar-refractivity contribution in [2.75, 3.05) is 12.4 Å². The quantitative estimate of drug-likeness (QED) is 0.113. The largest absolute Gasteiger partial charge is 0.380 e. The van der Waals surface area contributed by atoms with Crippen molar-refractivity contribution in [3.63, 3.8) is 0 Å². The van der Waals surface area contributed by atoms with Crippen LogP contribution in [0.15, 0.2) is 141 Å². The van der Waals surface area contributed by atoms with E-state index in [0.717, 1.165) is 23.3 Å². The normalized spacial score (nSPS) is 15.0. The van der Waals surface area contributed by atoms with Crippen LogP contribution in [0.2, 0.25) is 0 Å². The topological polar surface area (TPSA) is 179 Å². The zero-order valence-electron chi connectivity index (χ0n) is 27.0. The number of nitrogens with zero attached hydrogens (tertiary/aromatic N) is 1. The lowest BCUT2D eigenvalue weighted by molar-refractivity contribution is -0.116. The molecule has 13 heteroatoms. The van der Waals surface area contributed by atoms with Crippen LogP contribution in [0.4, 0.5) is 5.69 Å². The number of allylic oxidation sites excluding steroid dienone is 4. The maximum absolute atomic E-state index is 13.2. The molecule has 0 aromatic heterocycles. The van der Waals surface area contributed by atoms with E-state index in [9.17, 15) is 35.5 Å². The zero-order chi connectivity index (χ0) is 36.1. The number of rotatable bonds is 11. The molecule has 5 rings (SSSR count). The van der Waals surface area contributed by atoms with E-state index in [1.54, 1.807) is 30.4 Å². The molecule has 0 heterocycles. The van der Waals surface area contributed by atoms with Gasteiger partial charge in [-0.05, 0) is 71.2 Å². The SMILES string of the molecule is CNC(=O)C1=CC(=C(c2ccc(NCc3ccccc3)c(C(C)=O)c2)c2ccc(S(=O)(=O)O)cc2S(=O)(=O)O)C=CC1=NCc1ccccc1. The van der Waals surface area contributed by atoms with Gasteiger partial charge in [-0.2, -0.15) is 16.8 Å². The van der Waals surface area contributed by atoms with Crippen LogP contribution in [0.25, 0.3) is 5.57 Å². The van der Waals surface area contributed by atoms with Crippen LogP contribution in [-0.4, -0.2) is 50.4 Å². The molecule has 0 saturated heterocycles. The number of hydrogen-bond acceptors (Lipinski definition) is 8. The molecule has 50 heavy (non-hydrogen) atoms. The van der Waals surface area contributed by atoms with Crippen LogP contribution in [0.1, 0.15) is 39.5 Å². The number of anilines is 1. The summed E-state index contributed by atoms with van der Waals surface area (Å²) in [5, 5.41) is 5.85. The number of benzene rings is 4. The number of aliphatic imine (C=N–C) groups is 1. The Bertz CT molecular complexity index is 2310. The molecule has 0 aliphatic heterocycles. The van der Waals surface area contributed by atoms with Crippen molar-refractivity contribution in [3.05, 3.63) is 154 Å².